The lowest BCUT2D eigenvalue weighted by molar-refractivity contribution is -0.121. The highest BCUT2D eigenvalue weighted by atomic mass is 16.1. The molecule has 0 aromatic carbocycles. The number of rotatable bonds is 19. The van der Waals surface area contributed by atoms with Crippen LogP contribution in [0.25, 0.3) is 0 Å². The zero-order valence-corrected chi connectivity index (χ0v) is 17.6. The number of carbonyl (C=O) groups is 1. The summed E-state index contributed by atoms with van der Waals surface area (Å²) in [5.74, 6) is 0.709. The van der Waals surface area contributed by atoms with Crippen molar-refractivity contribution in [2.45, 2.75) is 117 Å². The summed E-state index contributed by atoms with van der Waals surface area (Å²) in [5, 5.41) is 13.2. The molecule has 26 heavy (non-hydrogen) atoms. The molecule has 0 aromatic rings. The van der Waals surface area contributed by atoms with Gasteiger partial charge < -0.3 is 10.6 Å². The van der Waals surface area contributed by atoms with Crippen LogP contribution in [0.4, 0.5) is 0 Å². The molecule has 0 radical (unpaired) electrons. The van der Waals surface area contributed by atoms with Crippen molar-refractivity contribution in [1.82, 2.24) is 10.6 Å². The topological polar surface area (TPSA) is 65.0 Å². The first-order valence-corrected chi connectivity index (χ1v) is 11.2. The Hall–Kier alpha value is -1.06. The van der Waals surface area contributed by atoms with Gasteiger partial charge in [0.2, 0.25) is 5.91 Å². The van der Waals surface area contributed by atoms with Crippen LogP contribution in [0.2, 0.25) is 0 Å². The molecule has 154 valence electrons. The van der Waals surface area contributed by atoms with E-state index in [1.165, 1.54) is 77.0 Å². The first kappa shape index (κ1) is 24.9. The molecule has 0 aliphatic heterocycles. The average Bonchev–Trinajstić information content (AvgIpc) is 2.61. The SMILES string of the molecule is CCCCCCCCCCCCCCCC(=O)NCCCCNC(C)=N. The number of unbranched alkanes of at least 4 members (excludes halogenated alkanes) is 13. The van der Waals surface area contributed by atoms with Gasteiger partial charge in [0.15, 0.2) is 0 Å². The standard InChI is InChI=1S/C22H45N3O/c1-3-4-5-6-7-8-9-10-11-12-13-14-15-18-22(26)25-20-17-16-19-24-21(2)23/h3-20H2,1-2H3,(H2,23,24)(H,25,26). The maximum absolute atomic E-state index is 11.7. The average molecular weight is 368 g/mol. The van der Waals surface area contributed by atoms with Crippen molar-refractivity contribution in [2.75, 3.05) is 13.1 Å². The van der Waals surface area contributed by atoms with Gasteiger partial charge in [-0.05, 0) is 26.2 Å². The minimum atomic E-state index is 0.198. The third-order valence-corrected chi connectivity index (χ3v) is 4.82. The van der Waals surface area contributed by atoms with E-state index in [-0.39, 0.29) is 5.91 Å². The van der Waals surface area contributed by atoms with E-state index in [2.05, 4.69) is 17.6 Å². The van der Waals surface area contributed by atoms with Crippen LogP contribution in [0, 0.1) is 5.41 Å². The number of hydrogen-bond acceptors (Lipinski definition) is 2. The van der Waals surface area contributed by atoms with Gasteiger partial charge in [-0.1, -0.05) is 84.0 Å². The van der Waals surface area contributed by atoms with Gasteiger partial charge in [-0.15, -0.1) is 0 Å². The van der Waals surface area contributed by atoms with Crippen LogP contribution in [-0.4, -0.2) is 24.8 Å². The lowest BCUT2D eigenvalue weighted by atomic mass is 10.0. The molecule has 3 N–H and O–H groups in total. The molecule has 4 nitrogen and oxygen atoms in total. The molecule has 0 aromatic heterocycles. The van der Waals surface area contributed by atoms with Crippen molar-refractivity contribution in [3.8, 4) is 0 Å². The maximum atomic E-state index is 11.7. The predicted molar refractivity (Wildman–Crippen MR) is 114 cm³/mol. The van der Waals surface area contributed by atoms with Crippen molar-refractivity contribution in [1.29, 1.82) is 5.41 Å². The quantitative estimate of drug-likeness (QED) is 0.150. The van der Waals surface area contributed by atoms with Crippen LogP contribution < -0.4 is 10.6 Å². The number of amides is 1. The highest BCUT2D eigenvalue weighted by Gasteiger charge is 2.00. The molecule has 0 saturated heterocycles. The van der Waals surface area contributed by atoms with Gasteiger partial charge >= 0.3 is 0 Å². The van der Waals surface area contributed by atoms with Crippen molar-refractivity contribution < 1.29 is 4.79 Å². The number of nitrogens with one attached hydrogen (secondary N) is 3. The Morgan fingerprint density at radius 1 is 0.654 bits per heavy atom. The van der Waals surface area contributed by atoms with E-state index in [0.717, 1.165) is 32.4 Å². The summed E-state index contributed by atoms with van der Waals surface area (Å²) in [4.78, 5) is 11.7. The van der Waals surface area contributed by atoms with Crippen molar-refractivity contribution in [3.63, 3.8) is 0 Å². The summed E-state index contributed by atoms with van der Waals surface area (Å²) in [7, 11) is 0. The fraction of sp³-hybridized carbons (Fsp3) is 0.909. The van der Waals surface area contributed by atoms with E-state index in [1.54, 1.807) is 6.92 Å². The van der Waals surface area contributed by atoms with Crippen LogP contribution in [0.3, 0.4) is 0 Å². The van der Waals surface area contributed by atoms with Gasteiger partial charge in [-0.25, -0.2) is 0 Å². The van der Waals surface area contributed by atoms with Crippen molar-refractivity contribution in [3.05, 3.63) is 0 Å². The van der Waals surface area contributed by atoms with Gasteiger partial charge in [0.25, 0.3) is 0 Å². The van der Waals surface area contributed by atoms with Gasteiger partial charge in [0.05, 0.1) is 5.84 Å². The fourth-order valence-electron chi connectivity index (χ4n) is 3.15. The maximum Gasteiger partial charge on any atom is 0.219 e. The molecule has 1 amide bonds. The number of amidine groups is 1. The second-order valence-electron chi connectivity index (χ2n) is 7.60. The van der Waals surface area contributed by atoms with Crippen LogP contribution in [0.1, 0.15) is 117 Å². The monoisotopic (exact) mass is 367 g/mol. The molecule has 0 rings (SSSR count). The first-order chi connectivity index (χ1) is 12.7. The Morgan fingerprint density at radius 2 is 1.08 bits per heavy atom. The smallest absolute Gasteiger partial charge is 0.219 e. The molecule has 0 atom stereocenters. The Morgan fingerprint density at radius 3 is 1.54 bits per heavy atom. The summed E-state index contributed by atoms with van der Waals surface area (Å²) in [6.07, 6.45) is 20.1. The van der Waals surface area contributed by atoms with E-state index in [4.69, 9.17) is 5.41 Å². The van der Waals surface area contributed by atoms with E-state index in [0.29, 0.717) is 12.3 Å². The van der Waals surface area contributed by atoms with Crippen LogP contribution in [0.15, 0.2) is 0 Å². The number of hydrogen-bond donors (Lipinski definition) is 3. The molecule has 0 saturated carbocycles. The van der Waals surface area contributed by atoms with Gasteiger partial charge in [-0.3, -0.25) is 10.2 Å². The Bertz CT molecular complexity index is 331. The molecule has 0 fully saturated rings. The van der Waals surface area contributed by atoms with E-state index < -0.39 is 0 Å². The van der Waals surface area contributed by atoms with Crippen molar-refractivity contribution >= 4 is 11.7 Å². The molecule has 0 heterocycles. The molecule has 0 aliphatic carbocycles. The highest BCUT2D eigenvalue weighted by Crippen LogP contribution is 2.12. The third kappa shape index (κ3) is 21.0. The molecular formula is C22H45N3O. The predicted octanol–water partition coefficient (Wildman–Crippen LogP) is 5.95. The Kier molecular flexibility index (Phi) is 19.4. The minimum absolute atomic E-state index is 0.198. The largest absolute Gasteiger partial charge is 0.374 e. The molecule has 4 heteroatoms. The number of carbonyl (C=O) groups excluding carboxylic acids is 1. The zero-order valence-electron chi connectivity index (χ0n) is 17.6. The van der Waals surface area contributed by atoms with Crippen molar-refractivity contribution in [2.24, 2.45) is 0 Å². The summed E-state index contributed by atoms with van der Waals surface area (Å²) in [6.45, 7) is 5.60. The second kappa shape index (κ2) is 20.3. The minimum Gasteiger partial charge on any atom is -0.374 e. The first-order valence-electron chi connectivity index (χ1n) is 11.2. The van der Waals surface area contributed by atoms with E-state index >= 15 is 0 Å². The van der Waals surface area contributed by atoms with Gasteiger partial charge in [0.1, 0.15) is 0 Å². The lowest BCUT2D eigenvalue weighted by Gasteiger charge is -2.06. The van der Waals surface area contributed by atoms with Crippen LogP contribution in [0.5, 0.6) is 0 Å². The van der Waals surface area contributed by atoms with Gasteiger partial charge in [0, 0.05) is 19.5 Å². The summed E-state index contributed by atoms with van der Waals surface area (Å²) in [6, 6.07) is 0. The molecule has 0 bridgehead atoms. The summed E-state index contributed by atoms with van der Waals surface area (Å²) >= 11 is 0. The second-order valence-corrected chi connectivity index (χ2v) is 7.60. The highest BCUT2D eigenvalue weighted by molar-refractivity contribution is 5.76. The van der Waals surface area contributed by atoms with Crippen LogP contribution in [-0.2, 0) is 4.79 Å². The van der Waals surface area contributed by atoms with Gasteiger partial charge in [-0.2, -0.15) is 0 Å². The van der Waals surface area contributed by atoms with Crippen LogP contribution >= 0.6 is 0 Å². The Labute approximate surface area is 162 Å². The Balaban J connectivity index is 3.15. The molecular weight excluding hydrogens is 322 g/mol. The fourth-order valence-corrected chi connectivity index (χ4v) is 3.15. The molecule has 0 spiro atoms. The van der Waals surface area contributed by atoms with E-state index in [9.17, 15) is 4.79 Å². The molecule has 0 aliphatic rings. The molecule has 0 unspecified atom stereocenters. The third-order valence-electron chi connectivity index (χ3n) is 4.82. The van der Waals surface area contributed by atoms with E-state index in [1.807, 2.05) is 0 Å². The summed E-state index contributed by atoms with van der Waals surface area (Å²) < 4.78 is 0. The zero-order chi connectivity index (χ0) is 19.3. The summed E-state index contributed by atoms with van der Waals surface area (Å²) in [5.41, 5.74) is 0. The lowest BCUT2D eigenvalue weighted by Crippen LogP contribution is -2.25. The normalized spacial score (nSPS) is 10.7.